The van der Waals surface area contributed by atoms with Crippen molar-refractivity contribution in [3.8, 4) is 17.6 Å². The van der Waals surface area contributed by atoms with Gasteiger partial charge >= 0.3 is 0 Å². The molecule has 0 fully saturated rings. The minimum Gasteiger partial charge on any atom is -0.454 e. The minimum absolute atomic E-state index is 0.323. The quantitative estimate of drug-likeness (QED) is 0.792. The summed E-state index contributed by atoms with van der Waals surface area (Å²) in [6.45, 7) is 1.80. The highest BCUT2D eigenvalue weighted by Crippen LogP contribution is 2.27. The lowest BCUT2D eigenvalue weighted by Crippen LogP contribution is -1.92. The van der Waals surface area contributed by atoms with E-state index in [0.717, 1.165) is 5.56 Å². The fourth-order valence-electron chi connectivity index (χ4n) is 1.36. The molecular formula is C13H9FN2O. The lowest BCUT2D eigenvalue weighted by Gasteiger charge is -2.09. The summed E-state index contributed by atoms with van der Waals surface area (Å²) in [5, 5.41) is 8.89. The van der Waals surface area contributed by atoms with E-state index in [2.05, 4.69) is 4.98 Å². The van der Waals surface area contributed by atoms with Gasteiger partial charge in [0.25, 0.3) is 0 Å². The molecule has 0 radical (unpaired) electrons. The molecule has 1 aromatic carbocycles. The van der Waals surface area contributed by atoms with Gasteiger partial charge in [0.05, 0.1) is 11.8 Å². The van der Waals surface area contributed by atoms with E-state index in [1.165, 1.54) is 24.5 Å². The Labute approximate surface area is 98.1 Å². The molecule has 0 aliphatic rings. The molecule has 0 aliphatic heterocycles. The summed E-state index contributed by atoms with van der Waals surface area (Å²) in [7, 11) is 0. The molecule has 0 saturated carbocycles. The third-order valence-electron chi connectivity index (χ3n) is 2.28. The van der Waals surface area contributed by atoms with Gasteiger partial charge in [-0.3, -0.25) is 4.98 Å². The third-order valence-corrected chi connectivity index (χ3v) is 2.28. The number of nitriles is 1. The minimum atomic E-state index is -0.381. The Hall–Kier alpha value is -2.41. The number of nitrogens with zero attached hydrogens (tertiary/aromatic N) is 2. The Morgan fingerprint density at radius 1 is 1.29 bits per heavy atom. The standard InChI is InChI=1S/C13H9FN2O/c1-9-2-3-11(14)6-12(9)17-13-8-16-5-4-10(13)7-15/h2-6,8H,1H3. The number of pyridine rings is 1. The molecule has 1 aromatic heterocycles. The molecule has 2 aromatic rings. The smallest absolute Gasteiger partial charge is 0.163 e. The maximum Gasteiger partial charge on any atom is 0.163 e. The molecule has 0 unspecified atom stereocenters. The molecule has 1 heterocycles. The van der Waals surface area contributed by atoms with Gasteiger partial charge in [0.15, 0.2) is 5.75 Å². The summed E-state index contributed by atoms with van der Waals surface area (Å²) in [4.78, 5) is 3.87. The van der Waals surface area contributed by atoms with Crippen LogP contribution in [0.1, 0.15) is 11.1 Å². The van der Waals surface area contributed by atoms with Gasteiger partial charge in [-0.2, -0.15) is 5.26 Å². The monoisotopic (exact) mass is 228 g/mol. The van der Waals surface area contributed by atoms with Crippen molar-refractivity contribution in [1.82, 2.24) is 4.98 Å². The summed E-state index contributed by atoms with van der Waals surface area (Å²) in [5.41, 5.74) is 1.16. The average molecular weight is 228 g/mol. The van der Waals surface area contributed by atoms with Crippen LogP contribution in [0, 0.1) is 24.1 Å². The Morgan fingerprint density at radius 2 is 2.12 bits per heavy atom. The van der Waals surface area contributed by atoms with E-state index in [9.17, 15) is 4.39 Å². The number of rotatable bonds is 2. The van der Waals surface area contributed by atoms with Crippen molar-refractivity contribution in [2.75, 3.05) is 0 Å². The second-order valence-electron chi connectivity index (χ2n) is 3.50. The SMILES string of the molecule is Cc1ccc(F)cc1Oc1cnccc1C#N. The highest BCUT2D eigenvalue weighted by Gasteiger charge is 2.07. The van der Waals surface area contributed by atoms with Crippen molar-refractivity contribution < 1.29 is 9.13 Å². The molecule has 0 bridgehead atoms. The first-order valence-electron chi connectivity index (χ1n) is 4.99. The van der Waals surface area contributed by atoms with Gasteiger partial charge < -0.3 is 4.74 Å². The second kappa shape index (κ2) is 4.62. The molecule has 0 amide bonds. The first-order chi connectivity index (χ1) is 8.20. The van der Waals surface area contributed by atoms with Gasteiger partial charge in [0.2, 0.25) is 0 Å². The van der Waals surface area contributed by atoms with Crippen LogP contribution in [0.5, 0.6) is 11.5 Å². The number of aromatic nitrogens is 1. The van der Waals surface area contributed by atoms with Gasteiger partial charge in [-0.05, 0) is 24.6 Å². The maximum atomic E-state index is 13.1. The van der Waals surface area contributed by atoms with Gasteiger partial charge in [0, 0.05) is 12.3 Å². The van der Waals surface area contributed by atoms with Crippen molar-refractivity contribution in [3.63, 3.8) is 0 Å². The summed E-state index contributed by atoms with van der Waals surface area (Å²) < 4.78 is 18.6. The molecular weight excluding hydrogens is 219 g/mol. The number of aryl methyl sites for hydroxylation is 1. The molecule has 3 nitrogen and oxygen atoms in total. The zero-order valence-corrected chi connectivity index (χ0v) is 9.14. The van der Waals surface area contributed by atoms with Crippen LogP contribution in [0.4, 0.5) is 4.39 Å². The van der Waals surface area contributed by atoms with Crippen LogP contribution in [0.25, 0.3) is 0 Å². The van der Waals surface area contributed by atoms with E-state index in [0.29, 0.717) is 17.1 Å². The fourth-order valence-corrected chi connectivity index (χ4v) is 1.36. The van der Waals surface area contributed by atoms with E-state index in [1.807, 2.05) is 6.07 Å². The van der Waals surface area contributed by atoms with Gasteiger partial charge in [-0.15, -0.1) is 0 Å². The molecule has 0 spiro atoms. The van der Waals surface area contributed by atoms with Gasteiger partial charge in [0.1, 0.15) is 17.6 Å². The lowest BCUT2D eigenvalue weighted by molar-refractivity contribution is 0.469. The Kier molecular flexibility index (Phi) is 3.01. The topological polar surface area (TPSA) is 45.9 Å². The largest absolute Gasteiger partial charge is 0.454 e. The molecule has 4 heteroatoms. The third kappa shape index (κ3) is 2.40. The van der Waals surface area contributed by atoms with E-state index >= 15 is 0 Å². The predicted octanol–water partition coefficient (Wildman–Crippen LogP) is 3.19. The van der Waals surface area contributed by atoms with Crippen molar-refractivity contribution in [2.24, 2.45) is 0 Å². The zero-order valence-electron chi connectivity index (χ0n) is 9.14. The Bertz CT molecular complexity index is 590. The highest BCUT2D eigenvalue weighted by molar-refractivity contribution is 5.44. The van der Waals surface area contributed by atoms with Crippen LogP contribution in [-0.2, 0) is 0 Å². The van der Waals surface area contributed by atoms with Crippen LogP contribution in [0.2, 0.25) is 0 Å². The molecule has 0 N–H and O–H groups in total. The van der Waals surface area contributed by atoms with Crippen LogP contribution < -0.4 is 4.74 Å². The number of hydrogen-bond acceptors (Lipinski definition) is 3. The van der Waals surface area contributed by atoms with Crippen LogP contribution in [-0.4, -0.2) is 4.98 Å². The van der Waals surface area contributed by atoms with Gasteiger partial charge in [-0.1, -0.05) is 6.07 Å². The zero-order chi connectivity index (χ0) is 12.3. The second-order valence-corrected chi connectivity index (χ2v) is 3.50. The van der Waals surface area contributed by atoms with Gasteiger partial charge in [-0.25, -0.2) is 4.39 Å². The van der Waals surface area contributed by atoms with Crippen molar-refractivity contribution in [1.29, 1.82) is 5.26 Å². The van der Waals surface area contributed by atoms with Crippen molar-refractivity contribution in [2.45, 2.75) is 6.92 Å². The summed E-state index contributed by atoms with van der Waals surface area (Å²) in [5.74, 6) is 0.325. The highest BCUT2D eigenvalue weighted by atomic mass is 19.1. The predicted molar refractivity (Wildman–Crippen MR) is 60.2 cm³/mol. The van der Waals surface area contributed by atoms with E-state index in [-0.39, 0.29) is 5.82 Å². The summed E-state index contributed by atoms with van der Waals surface area (Å²) in [6, 6.07) is 7.79. The molecule has 84 valence electrons. The van der Waals surface area contributed by atoms with Crippen molar-refractivity contribution in [3.05, 3.63) is 53.6 Å². The molecule has 0 saturated heterocycles. The van der Waals surface area contributed by atoms with Crippen LogP contribution >= 0.6 is 0 Å². The van der Waals surface area contributed by atoms with Crippen LogP contribution in [0.3, 0.4) is 0 Å². The summed E-state index contributed by atoms with van der Waals surface area (Å²) in [6.07, 6.45) is 2.94. The fraction of sp³-hybridized carbons (Fsp3) is 0.0769. The number of benzene rings is 1. The number of halogens is 1. The van der Waals surface area contributed by atoms with Crippen molar-refractivity contribution >= 4 is 0 Å². The molecule has 17 heavy (non-hydrogen) atoms. The molecule has 0 atom stereocenters. The first kappa shape index (κ1) is 11.1. The summed E-state index contributed by atoms with van der Waals surface area (Å²) >= 11 is 0. The lowest BCUT2D eigenvalue weighted by atomic mass is 10.2. The molecule has 0 aliphatic carbocycles. The van der Waals surface area contributed by atoms with E-state index in [4.69, 9.17) is 10.00 Å². The Morgan fingerprint density at radius 3 is 2.88 bits per heavy atom. The Balaban J connectivity index is 2.38. The number of hydrogen-bond donors (Lipinski definition) is 0. The normalized spacial score (nSPS) is 9.71. The van der Waals surface area contributed by atoms with Crippen LogP contribution in [0.15, 0.2) is 36.7 Å². The number of ether oxygens (including phenoxy) is 1. The first-order valence-corrected chi connectivity index (χ1v) is 4.99. The van der Waals surface area contributed by atoms with E-state index in [1.54, 1.807) is 19.1 Å². The van der Waals surface area contributed by atoms with E-state index < -0.39 is 0 Å². The average Bonchev–Trinajstić information content (AvgIpc) is 2.34. The molecule has 2 rings (SSSR count). The maximum absolute atomic E-state index is 13.1.